The fourth-order valence-electron chi connectivity index (χ4n) is 1.62. The van der Waals surface area contributed by atoms with Gasteiger partial charge in [0.2, 0.25) is 5.82 Å². The average Bonchev–Trinajstić information content (AvgIpc) is 2.79. The van der Waals surface area contributed by atoms with Gasteiger partial charge >= 0.3 is 5.97 Å². The first kappa shape index (κ1) is 15.1. The number of esters is 1. The van der Waals surface area contributed by atoms with Gasteiger partial charge in [0, 0.05) is 13.1 Å². The third-order valence-corrected chi connectivity index (χ3v) is 2.47. The van der Waals surface area contributed by atoms with Gasteiger partial charge in [-0.1, -0.05) is 13.8 Å². The summed E-state index contributed by atoms with van der Waals surface area (Å²) in [5.74, 6) is 0.389. The molecule has 0 saturated carbocycles. The van der Waals surface area contributed by atoms with E-state index in [2.05, 4.69) is 19.9 Å². The van der Waals surface area contributed by atoms with Gasteiger partial charge in [0.1, 0.15) is 5.82 Å². The van der Waals surface area contributed by atoms with Gasteiger partial charge in [-0.2, -0.15) is 0 Å². The molecule has 1 N–H and O–H groups in total. The lowest BCUT2D eigenvalue weighted by Gasteiger charge is -2.22. The van der Waals surface area contributed by atoms with E-state index in [9.17, 15) is 9.59 Å². The number of H-pyrrole nitrogens is 1. The van der Waals surface area contributed by atoms with Crippen LogP contribution in [-0.4, -0.2) is 52.2 Å². The van der Waals surface area contributed by atoms with Crippen LogP contribution >= 0.6 is 0 Å². The lowest BCUT2D eigenvalue weighted by atomic mass is 10.2. The quantitative estimate of drug-likeness (QED) is 0.770. The standard InChI is InChI=1S/C12H20N4O3/c1-8(2)7-16(6-5-10(17)19-4)12(18)11-13-9(3)14-15-11/h8H,5-7H2,1-4H3,(H,13,14,15). The second-order valence-electron chi connectivity index (χ2n) is 4.72. The predicted octanol–water partition coefficient (Wildman–Crippen LogP) is 0.774. The van der Waals surface area contributed by atoms with Crippen molar-refractivity contribution in [2.75, 3.05) is 20.2 Å². The Morgan fingerprint density at radius 3 is 2.58 bits per heavy atom. The molecule has 1 aromatic heterocycles. The number of aryl methyl sites for hydroxylation is 1. The summed E-state index contributed by atoms with van der Waals surface area (Å²) < 4.78 is 4.58. The molecule has 0 bridgehead atoms. The number of rotatable bonds is 6. The van der Waals surface area contributed by atoms with E-state index in [0.29, 0.717) is 24.8 Å². The number of methoxy groups -OCH3 is 1. The molecular weight excluding hydrogens is 248 g/mol. The Morgan fingerprint density at radius 2 is 2.11 bits per heavy atom. The van der Waals surface area contributed by atoms with E-state index in [-0.39, 0.29) is 24.1 Å². The molecule has 7 heteroatoms. The molecule has 0 aromatic carbocycles. The molecule has 0 unspecified atom stereocenters. The average molecular weight is 268 g/mol. The molecule has 0 atom stereocenters. The summed E-state index contributed by atoms with van der Waals surface area (Å²) in [7, 11) is 1.33. The van der Waals surface area contributed by atoms with Gasteiger partial charge < -0.3 is 9.64 Å². The number of aromatic nitrogens is 3. The minimum atomic E-state index is -0.340. The number of aromatic amines is 1. The number of nitrogens with zero attached hydrogens (tertiary/aromatic N) is 3. The Balaban J connectivity index is 2.72. The van der Waals surface area contributed by atoms with Crippen LogP contribution in [0.4, 0.5) is 0 Å². The van der Waals surface area contributed by atoms with Crippen molar-refractivity contribution in [1.29, 1.82) is 0 Å². The number of ether oxygens (including phenoxy) is 1. The number of carbonyl (C=O) groups is 2. The Bertz CT molecular complexity index is 442. The maximum Gasteiger partial charge on any atom is 0.307 e. The Labute approximate surface area is 112 Å². The lowest BCUT2D eigenvalue weighted by molar-refractivity contribution is -0.140. The van der Waals surface area contributed by atoms with Crippen molar-refractivity contribution >= 4 is 11.9 Å². The molecule has 106 valence electrons. The summed E-state index contributed by atoms with van der Waals surface area (Å²) in [6.45, 7) is 6.58. The molecule has 1 rings (SSSR count). The highest BCUT2D eigenvalue weighted by atomic mass is 16.5. The minimum Gasteiger partial charge on any atom is -0.469 e. The van der Waals surface area contributed by atoms with Crippen molar-refractivity contribution in [3.05, 3.63) is 11.6 Å². The molecule has 0 spiro atoms. The van der Waals surface area contributed by atoms with Crippen molar-refractivity contribution < 1.29 is 14.3 Å². The maximum absolute atomic E-state index is 12.2. The normalized spacial score (nSPS) is 10.6. The molecule has 0 aliphatic rings. The zero-order chi connectivity index (χ0) is 14.4. The van der Waals surface area contributed by atoms with E-state index in [1.54, 1.807) is 11.8 Å². The van der Waals surface area contributed by atoms with E-state index in [1.165, 1.54) is 7.11 Å². The van der Waals surface area contributed by atoms with E-state index in [0.717, 1.165) is 0 Å². The van der Waals surface area contributed by atoms with Crippen LogP contribution in [0.3, 0.4) is 0 Å². The summed E-state index contributed by atoms with van der Waals surface area (Å²) in [5, 5.41) is 6.48. The van der Waals surface area contributed by atoms with Gasteiger partial charge in [-0.05, 0) is 12.8 Å². The van der Waals surface area contributed by atoms with Crippen LogP contribution in [0, 0.1) is 12.8 Å². The summed E-state index contributed by atoms with van der Waals surface area (Å²) in [5.41, 5.74) is 0. The molecule has 1 amide bonds. The van der Waals surface area contributed by atoms with E-state index in [1.807, 2.05) is 13.8 Å². The highest BCUT2D eigenvalue weighted by Crippen LogP contribution is 2.06. The van der Waals surface area contributed by atoms with Crippen LogP contribution in [0.1, 0.15) is 36.7 Å². The number of hydrogen-bond donors (Lipinski definition) is 1. The second kappa shape index (κ2) is 6.86. The molecule has 0 saturated heterocycles. The molecule has 0 aliphatic heterocycles. The number of hydrogen-bond acceptors (Lipinski definition) is 5. The van der Waals surface area contributed by atoms with Gasteiger partial charge in [0.25, 0.3) is 5.91 Å². The first-order valence-corrected chi connectivity index (χ1v) is 6.19. The fourth-order valence-corrected chi connectivity index (χ4v) is 1.62. The monoisotopic (exact) mass is 268 g/mol. The molecule has 0 radical (unpaired) electrons. The van der Waals surface area contributed by atoms with Gasteiger partial charge in [0.15, 0.2) is 0 Å². The Kier molecular flexibility index (Phi) is 5.47. The van der Waals surface area contributed by atoms with Gasteiger partial charge in [-0.3, -0.25) is 14.7 Å². The zero-order valence-electron chi connectivity index (χ0n) is 11.8. The third-order valence-electron chi connectivity index (χ3n) is 2.47. The number of carbonyl (C=O) groups excluding carboxylic acids is 2. The molecule has 1 heterocycles. The van der Waals surface area contributed by atoms with Crippen molar-refractivity contribution in [1.82, 2.24) is 20.1 Å². The van der Waals surface area contributed by atoms with Crippen LogP contribution in [0.15, 0.2) is 0 Å². The first-order chi connectivity index (χ1) is 8.93. The smallest absolute Gasteiger partial charge is 0.307 e. The molecule has 19 heavy (non-hydrogen) atoms. The molecule has 0 fully saturated rings. The molecule has 7 nitrogen and oxygen atoms in total. The van der Waals surface area contributed by atoms with Crippen LogP contribution in [-0.2, 0) is 9.53 Å². The fraction of sp³-hybridized carbons (Fsp3) is 0.667. The number of amides is 1. The van der Waals surface area contributed by atoms with E-state index in [4.69, 9.17) is 0 Å². The van der Waals surface area contributed by atoms with Gasteiger partial charge in [0.05, 0.1) is 13.5 Å². The van der Waals surface area contributed by atoms with E-state index >= 15 is 0 Å². The Hall–Kier alpha value is -1.92. The second-order valence-corrected chi connectivity index (χ2v) is 4.72. The Morgan fingerprint density at radius 1 is 1.42 bits per heavy atom. The maximum atomic E-state index is 12.2. The van der Waals surface area contributed by atoms with Gasteiger partial charge in [-0.15, -0.1) is 5.10 Å². The largest absolute Gasteiger partial charge is 0.469 e. The molecule has 1 aromatic rings. The van der Waals surface area contributed by atoms with Crippen molar-refractivity contribution in [2.45, 2.75) is 27.2 Å². The molecule has 0 aliphatic carbocycles. The van der Waals surface area contributed by atoms with E-state index < -0.39 is 0 Å². The predicted molar refractivity (Wildman–Crippen MR) is 68.5 cm³/mol. The SMILES string of the molecule is COC(=O)CCN(CC(C)C)C(=O)c1n[nH]c(C)n1. The third kappa shape index (κ3) is 4.69. The van der Waals surface area contributed by atoms with Crippen LogP contribution < -0.4 is 0 Å². The van der Waals surface area contributed by atoms with Crippen molar-refractivity contribution in [3.63, 3.8) is 0 Å². The van der Waals surface area contributed by atoms with Crippen LogP contribution in [0.2, 0.25) is 0 Å². The highest BCUT2D eigenvalue weighted by molar-refractivity contribution is 5.90. The summed E-state index contributed by atoms with van der Waals surface area (Å²) in [6, 6.07) is 0. The number of nitrogens with one attached hydrogen (secondary N) is 1. The summed E-state index contributed by atoms with van der Waals surface area (Å²) in [6.07, 6.45) is 0.165. The van der Waals surface area contributed by atoms with Crippen LogP contribution in [0.25, 0.3) is 0 Å². The topological polar surface area (TPSA) is 88.2 Å². The lowest BCUT2D eigenvalue weighted by Crippen LogP contribution is -2.36. The summed E-state index contributed by atoms with van der Waals surface area (Å²) in [4.78, 5) is 29.0. The first-order valence-electron chi connectivity index (χ1n) is 6.19. The summed E-state index contributed by atoms with van der Waals surface area (Å²) >= 11 is 0. The minimum absolute atomic E-state index is 0.128. The van der Waals surface area contributed by atoms with Gasteiger partial charge in [-0.25, -0.2) is 4.98 Å². The zero-order valence-corrected chi connectivity index (χ0v) is 11.8. The van der Waals surface area contributed by atoms with Crippen LogP contribution in [0.5, 0.6) is 0 Å². The van der Waals surface area contributed by atoms with Crippen molar-refractivity contribution in [2.24, 2.45) is 5.92 Å². The molecular formula is C12H20N4O3. The van der Waals surface area contributed by atoms with Crippen molar-refractivity contribution in [3.8, 4) is 0 Å². The highest BCUT2D eigenvalue weighted by Gasteiger charge is 2.21.